The Bertz CT molecular complexity index is 19.7. The molecule has 0 amide bonds. The molecule has 7 heavy (non-hydrogen) atoms. The molecule has 0 bridgehead atoms. The molecule has 0 aromatic carbocycles. The molecule has 6 heteroatoms. The Morgan fingerprint density at radius 1 is 1.00 bits per heavy atom. The molecule has 0 aromatic heterocycles. The van der Waals surface area contributed by atoms with Gasteiger partial charge in [-0.1, -0.05) is 7.43 Å². The SMILES string of the molecule is B.C.S.[CaH2].[Fe].[MgH2].[Mo]. The minimum absolute atomic E-state index is 0. The smallest absolute Gasteiger partial charge is 0 e. The Labute approximate surface area is 126 Å². The maximum atomic E-state index is 0. The molecule has 0 aliphatic rings. The Hall–Kier alpha value is 3.65. The van der Waals surface area contributed by atoms with Crippen molar-refractivity contribution < 1.29 is 38.1 Å². The van der Waals surface area contributed by atoms with Crippen LogP contribution in [0.4, 0.5) is 0 Å². The van der Waals surface area contributed by atoms with Crippen LogP contribution < -0.4 is 0 Å². The molecule has 0 unspecified atom stereocenters. The molecule has 0 rings (SSSR count). The van der Waals surface area contributed by atoms with Crippen molar-refractivity contribution >= 4 is 82.7 Å². The molecule has 0 nitrogen and oxygen atoms in total. The zero-order valence-electron chi connectivity index (χ0n) is 1.26. The molecule has 0 spiro atoms. The minimum Gasteiger partial charge on any atom is 0 e. The molecule has 44 valence electrons. The van der Waals surface area contributed by atoms with E-state index >= 15 is 0 Å². The molecule has 0 radical (unpaired) electrons. The fourth-order valence-electron chi connectivity index (χ4n) is 0. The van der Waals surface area contributed by atoms with E-state index in [-0.39, 0.29) is 128 Å². The Kier molecular flexibility index (Phi) is 577. The summed E-state index contributed by atoms with van der Waals surface area (Å²) >= 11 is 0. The third-order valence-electron chi connectivity index (χ3n) is 0. The fraction of sp³-hybridized carbons (Fsp3) is 1.00. The van der Waals surface area contributed by atoms with Gasteiger partial charge in [0, 0.05) is 38.1 Å². The van der Waals surface area contributed by atoms with Gasteiger partial charge in [0.2, 0.25) is 0 Å². The van der Waals surface area contributed by atoms with Gasteiger partial charge >= 0.3 is 60.8 Å². The first-order valence-corrected chi connectivity index (χ1v) is 0. The van der Waals surface area contributed by atoms with Gasteiger partial charge in [-0.3, -0.25) is 0 Å². The second-order valence-corrected chi connectivity index (χ2v) is 0. The summed E-state index contributed by atoms with van der Waals surface area (Å²) in [6, 6.07) is 0. The average Bonchev–Trinajstić information content (AvgIpc) is 0. The zero-order valence-corrected chi connectivity index (χ0v) is 5.37. The van der Waals surface area contributed by atoms with Crippen molar-refractivity contribution in [2.75, 3.05) is 0 Å². The van der Waals surface area contributed by atoms with Crippen molar-refractivity contribution in [1.29, 1.82) is 0 Å². The van der Waals surface area contributed by atoms with Crippen LogP contribution in [0.15, 0.2) is 0 Å². The van der Waals surface area contributed by atoms with Gasteiger partial charge in [-0.15, -0.1) is 0 Å². The Morgan fingerprint density at radius 3 is 1.00 bits per heavy atom. The standard InChI is InChI=1S/CH4.BH3.Ca.Fe.Mg.Mo.H2S.4H/h1H4;1H3;;;;;1H2;;;;. The van der Waals surface area contributed by atoms with Crippen molar-refractivity contribution in [2.24, 2.45) is 0 Å². The molecular weight excluding hydrogens is 271 g/mol. The van der Waals surface area contributed by atoms with E-state index in [9.17, 15) is 0 Å². The Morgan fingerprint density at radius 2 is 1.00 bits per heavy atom. The molecule has 0 saturated carbocycles. The molecule has 0 aliphatic carbocycles. The largest absolute Gasteiger partial charge is 0.316 e. The van der Waals surface area contributed by atoms with E-state index in [2.05, 4.69) is 0 Å². The summed E-state index contributed by atoms with van der Waals surface area (Å²) < 4.78 is 0. The van der Waals surface area contributed by atoms with Crippen LogP contribution in [0.5, 0.6) is 0 Å². The van der Waals surface area contributed by atoms with Crippen LogP contribution in [0.3, 0.4) is 0 Å². The van der Waals surface area contributed by atoms with E-state index in [1.807, 2.05) is 0 Å². The van der Waals surface area contributed by atoms with Crippen molar-refractivity contribution in [1.82, 2.24) is 0 Å². The minimum atomic E-state index is 0. The van der Waals surface area contributed by atoms with Gasteiger partial charge in [-0.25, -0.2) is 0 Å². The fourth-order valence-corrected chi connectivity index (χ4v) is 0. The maximum absolute atomic E-state index is 0. The van der Waals surface area contributed by atoms with Crippen LogP contribution in [0, 0.1) is 0 Å². The van der Waals surface area contributed by atoms with Crippen LogP contribution in [0.25, 0.3) is 0 Å². The van der Waals surface area contributed by atoms with Crippen molar-refractivity contribution in [3.63, 3.8) is 0 Å². The summed E-state index contributed by atoms with van der Waals surface area (Å²) in [6.45, 7) is 0. The Balaban J connectivity index is 0. The van der Waals surface area contributed by atoms with Gasteiger partial charge in [0.05, 0.1) is 8.41 Å². The number of hydrogen-bond acceptors (Lipinski definition) is 0. The van der Waals surface area contributed by atoms with Gasteiger partial charge in [-0.05, 0) is 0 Å². The predicted molar refractivity (Wildman–Crippen MR) is 44.1 cm³/mol. The molecule has 0 aliphatic heterocycles. The van der Waals surface area contributed by atoms with Gasteiger partial charge < -0.3 is 0 Å². The molecule has 0 heterocycles. The molecule has 0 atom stereocenters. The topological polar surface area (TPSA) is 0 Å². The number of rotatable bonds is 0. The number of hydrogen-bond donors (Lipinski definition) is 0. The van der Waals surface area contributed by atoms with Crippen LogP contribution in [-0.2, 0) is 38.1 Å². The van der Waals surface area contributed by atoms with E-state index in [1.165, 1.54) is 0 Å². The van der Waals surface area contributed by atoms with Crippen LogP contribution >= 0.6 is 13.5 Å². The molecule has 0 fully saturated rings. The van der Waals surface area contributed by atoms with Crippen molar-refractivity contribution in [3.05, 3.63) is 0 Å². The van der Waals surface area contributed by atoms with Crippen LogP contribution in [-0.4, -0.2) is 69.2 Å². The van der Waals surface area contributed by atoms with E-state index in [4.69, 9.17) is 0 Å². The maximum Gasteiger partial charge on any atom is 0.316 e. The van der Waals surface area contributed by atoms with E-state index in [0.29, 0.717) is 0 Å². The quantitative estimate of drug-likeness (QED) is 0.440. The summed E-state index contributed by atoms with van der Waals surface area (Å²) in [4.78, 5) is 0. The van der Waals surface area contributed by atoms with E-state index < -0.39 is 0 Å². The normalized spacial score (nSPS) is 0. The third-order valence-corrected chi connectivity index (χ3v) is 0. The van der Waals surface area contributed by atoms with Crippen molar-refractivity contribution in [2.45, 2.75) is 7.43 Å². The average molecular weight is 284 g/mol. The van der Waals surface area contributed by atoms with Crippen LogP contribution in [0.2, 0.25) is 0 Å². The van der Waals surface area contributed by atoms with Gasteiger partial charge in [-0.2, -0.15) is 13.5 Å². The second-order valence-electron chi connectivity index (χ2n) is 0. The van der Waals surface area contributed by atoms with Gasteiger partial charge in [0.15, 0.2) is 0 Å². The first-order chi connectivity index (χ1) is 0. The predicted octanol–water partition coefficient (Wildman–Crippen LogP) is -2.27. The summed E-state index contributed by atoms with van der Waals surface area (Å²) in [7, 11) is 0. The van der Waals surface area contributed by atoms with Crippen LogP contribution in [0.1, 0.15) is 7.43 Å². The summed E-state index contributed by atoms with van der Waals surface area (Å²) in [5.41, 5.74) is 0. The molecule has 0 saturated heterocycles. The first-order valence-electron chi connectivity index (χ1n) is 0. The van der Waals surface area contributed by atoms with E-state index in [0.717, 1.165) is 0 Å². The zero-order chi connectivity index (χ0) is 0. The first kappa shape index (κ1) is 74.5. The molecular formula is CH13BCaFeMgMoS. The molecule has 0 N–H and O–H groups in total. The monoisotopic (exact) mass is 286 g/mol. The summed E-state index contributed by atoms with van der Waals surface area (Å²) in [6.07, 6.45) is 0. The second kappa shape index (κ2) is 54.2. The summed E-state index contributed by atoms with van der Waals surface area (Å²) in [5, 5.41) is 0. The summed E-state index contributed by atoms with van der Waals surface area (Å²) in [5.74, 6) is 0. The van der Waals surface area contributed by atoms with Gasteiger partial charge in [0.1, 0.15) is 0 Å². The van der Waals surface area contributed by atoms with E-state index in [1.54, 1.807) is 0 Å². The third kappa shape index (κ3) is 42.4. The van der Waals surface area contributed by atoms with Gasteiger partial charge in [0.25, 0.3) is 0 Å². The van der Waals surface area contributed by atoms with Crippen molar-refractivity contribution in [3.8, 4) is 0 Å². The molecule has 0 aromatic rings.